The Kier molecular flexibility index (Phi) is 5.67. The van der Waals surface area contributed by atoms with Crippen LogP contribution in [0.4, 0.5) is 5.69 Å². The number of nitrogens with two attached hydrogens (primary N) is 1. The molecular weight excluding hydrogens is 398 g/mol. The monoisotopic (exact) mass is 417 g/mol. The number of pyridine rings is 1. The minimum Gasteiger partial charge on any atom is -0.380 e. The second-order valence-corrected chi connectivity index (χ2v) is 8.93. The van der Waals surface area contributed by atoms with Gasteiger partial charge in [-0.1, -0.05) is 23.6 Å². The molecule has 4 heterocycles. The quantitative estimate of drug-likeness (QED) is 0.471. The number of thiophene rings is 2. The molecule has 0 unspecified atom stereocenters. The van der Waals surface area contributed by atoms with Crippen LogP contribution in [-0.4, -0.2) is 24.2 Å². The predicted molar refractivity (Wildman–Crippen MR) is 115 cm³/mol. The largest absolute Gasteiger partial charge is 0.380 e. The smallest absolute Gasteiger partial charge is 0.131 e. The van der Waals surface area contributed by atoms with Crippen molar-refractivity contribution in [3.63, 3.8) is 0 Å². The number of anilines is 1. The van der Waals surface area contributed by atoms with Crippen LogP contribution in [0.25, 0.3) is 10.2 Å². The van der Waals surface area contributed by atoms with E-state index in [0.29, 0.717) is 11.8 Å². The highest BCUT2D eigenvalue weighted by atomic mass is 35.5. The Labute approximate surface area is 171 Å². The molecule has 1 aliphatic heterocycles. The Bertz CT molecular complexity index is 1000. The standard InChI is InChI=1S/C20H20ClN3OS2/c1-2-4-14-18-20(27-19(14)13-6-7-25-11-15(13)22)16(9-17(21)24-18)23-10-12-5-3-8-26-12/h3,5,8-9,13,15H,6-7,10-11,22H2,1H3,(H,23,24)/t13-,15-/m0/s1. The van der Waals surface area contributed by atoms with Gasteiger partial charge in [0, 0.05) is 40.9 Å². The van der Waals surface area contributed by atoms with Gasteiger partial charge in [0.25, 0.3) is 0 Å². The Morgan fingerprint density at radius 2 is 2.37 bits per heavy atom. The van der Waals surface area contributed by atoms with Crippen LogP contribution in [0.2, 0.25) is 5.15 Å². The van der Waals surface area contributed by atoms with Crippen molar-refractivity contribution < 1.29 is 4.74 Å². The molecule has 1 fully saturated rings. The van der Waals surface area contributed by atoms with Crippen molar-refractivity contribution >= 4 is 50.2 Å². The molecule has 0 saturated carbocycles. The summed E-state index contributed by atoms with van der Waals surface area (Å²) in [7, 11) is 0. The molecule has 0 aliphatic carbocycles. The highest BCUT2D eigenvalue weighted by Gasteiger charge is 2.29. The fourth-order valence-electron chi connectivity index (χ4n) is 3.37. The lowest BCUT2D eigenvalue weighted by Gasteiger charge is -2.28. The number of rotatable bonds is 4. The molecule has 140 valence electrons. The maximum absolute atomic E-state index is 6.36. The summed E-state index contributed by atoms with van der Waals surface area (Å²) in [6.07, 6.45) is 0.901. The third-order valence-electron chi connectivity index (χ3n) is 4.66. The van der Waals surface area contributed by atoms with E-state index in [0.717, 1.165) is 41.0 Å². The first-order valence-electron chi connectivity index (χ1n) is 8.82. The lowest BCUT2D eigenvalue weighted by molar-refractivity contribution is 0.0703. The van der Waals surface area contributed by atoms with Crippen LogP contribution >= 0.6 is 34.3 Å². The van der Waals surface area contributed by atoms with E-state index in [1.165, 1.54) is 9.75 Å². The average molecular weight is 418 g/mol. The molecule has 4 rings (SSSR count). The first-order chi connectivity index (χ1) is 13.2. The summed E-state index contributed by atoms with van der Waals surface area (Å²) in [5.41, 5.74) is 9.18. The molecule has 0 amide bonds. The molecule has 0 aromatic carbocycles. The maximum atomic E-state index is 6.36. The summed E-state index contributed by atoms with van der Waals surface area (Å²) in [4.78, 5) is 7.07. The number of ether oxygens (including phenoxy) is 1. The number of hydrogen-bond acceptors (Lipinski definition) is 6. The molecule has 4 nitrogen and oxygen atoms in total. The molecule has 0 radical (unpaired) electrons. The summed E-state index contributed by atoms with van der Waals surface area (Å²) < 4.78 is 6.61. The van der Waals surface area contributed by atoms with E-state index in [9.17, 15) is 0 Å². The minimum atomic E-state index is -0.0257. The van der Waals surface area contributed by atoms with Crippen LogP contribution in [0.3, 0.4) is 0 Å². The van der Waals surface area contributed by atoms with Crippen molar-refractivity contribution in [2.75, 3.05) is 18.5 Å². The van der Waals surface area contributed by atoms with Gasteiger partial charge in [0.2, 0.25) is 0 Å². The fourth-order valence-corrected chi connectivity index (χ4v) is 5.61. The van der Waals surface area contributed by atoms with E-state index in [1.807, 2.05) is 13.0 Å². The summed E-state index contributed by atoms with van der Waals surface area (Å²) in [6.45, 7) is 3.91. The molecule has 1 saturated heterocycles. The van der Waals surface area contributed by atoms with Gasteiger partial charge in [0.15, 0.2) is 0 Å². The third kappa shape index (κ3) is 3.84. The van der Waals surface area contributed by atoms with E-state index in [1.54, 1.807) is 22.7 Å². The molecular formula is C20H20ClN3OS2. The molecule has 0 bridgehead atoms. The van der Waals surface area contributed by atoms with Crippen LogP contribution in [0.5, 0.6) is 0 Å². The number of nitrogens with zero attached hydrogens (tertiary/aromatic N) is 1. The molecule has 1 aliphatic rings. The van der Waals surface area contributed by atoms with Crippen molar-refractivity contribution in [2.45, 2.75) is 31.8 Å². The molecule has 0 spiro atoms. The first kappa shape index (κ1) is 18.7. The zero-order valence-electron chi connectivity index (χ0n) is 14.9. The number of halogens is 1. The van der Waals surface area contributed by atoms with Crippen LogP contribution in [0, 0.1) is 11.8 Å². The van der Waals surface area contributed by atoms with Crippen molar-refractivity contribution in [1.29, 1.82) is 0 Å². The van der Waals surface area contributed by atoms with E-state index in [-0.39, 0.29) is 12.0 Å². The van der Waals surface area contributed by atoms with Crippen molar-refractivity contribution in [2.24, 2.45) is 5.73 Å². The molecule has 3 N–H and O–H groups in total. The fraction of sp³-hybridized carbons (Fsp3) is 0.350. The Balaban J connectivity index is 1.80. The van der Waals surface area contributed by atoms with Gasteiger partial charge in [-0.25, -0.2) is 4.98 Å². The number of aromatic nitrogens is 1. The van der Waals surface area contributed by atoms with Gasteiger partial charge < -0.3 is 15.8 Å². The van der Waals surface area contributed by atoms with E-state index >= 15 is 0 Å². The van der Waals surface area contributed by atoms with Crippen LogP contribution < -0.4 is 11.1 Å². The zero-order valence-corrected chi connectivity index (χ0v) is 17.3. The highest BCUT2D eigenvalue weighted by Crippen LogP contribution is 2.42. The van der Waals surface area contributed by atoms with Crippen LogP contribution in [0.1, 0.15) is 34.6 Å². The third-order valence-corrected chi connectivity index (χ3v) is 7.07. The van der Waals surface area contributed by atoms with Gasteiger partial charge >= 0.3 is 0 Å². The van der Waals surface area contributed by atoms with E-state index in [2.05, 4.69) is 39.7 Å². The summed E-state index contributed by atoms with van der Waals surface area (Å²) in [6, 6.07) is 6.04. The summed E-state index contributed by atoms with van der Waals surface area (Å²) in [5, 5.41) is 6.07. The van der Waals surface area contributed by atoms with Crippen LogP contribution in [-0.2, 0) is 11.3 Å². The van der Waals surface area contributed by atoms with Gasteiger partial charge in [-0.2, -0.15) is 0 Å². The summed E-state index contributed by atoms with van der Waals surface area (Å²) >= 11 is 9.80. The van der Waals surface area contributed by atoms with Crippen LogP contribution in [0.15, 0.2) is 23.6 Å². The van der Waals surface area contributed by atoms with Gasteiger partial charge in [-0.15, -0.1) is 28.6 Å². The topological polar surface area (TPSA) is 60.2 Å². The van der Waals surface area contributed by atoms with Crippen molar-refractivity contribution in [3.05, 3.63) is 44.1 Å². The SMILES string of the molecule is CC#Cc1c([C@H]2CCOC[C@@H]2N)sc2c(NCc3cccs3)cc(Cl)nc12. The Morgan fingerprint density at radius 3 is 3.11 bits per heavy atom. The van der Waals surface area contributed by atoms with Crippen molar-refractivity contribution in [1.82, 2.24) is 4.98 Å². The molecule has 27 heavy (non-hydrogen) atoms. The molecule has 3 aromatic heterocycles. The number of hydrogen-bond donors (Lipinski definition) is 2. The lowest BCUT2D eigenvalue weighted by atomic mass is 9.91. The van der Waals surface area contributed by atoms with E-state index < -0.39 is 0 Å². The average Bonchev–Trinajstić information content (AvgIpc) is 3.29. The number of fused-ring (bicyclic) bond motifs is 1. The summed E-state index contributed by atoms with van der Waals surface area (Å²) in [5.74, 6) is 6.52. The second kappa shape index (κ2) is 8.17. The molecule has 2 atom stereocenters. The molecule has 3 aromatic rings. The zero-order chi connectivity index (χ0) is 18.8. The second-order valence-electron chi connectivity index (χ2n) is 6.45. The minimum absolute atomic E-state index is 0.0257. The molecule has 7 heteroatoms. The lowest BCUT2D eigenvalue weighted by Crippen LogP contribution is -2.37. The maximum Gasteiger partial charge on any atom is 0.131 e. The van der Waals surface area contributed by atoms with Gasteiger partial charge in [-0.05, 0) is 24.8 Å². The predicted octanol–water partition coefficient (Wildman–Crippen LogP) is 4.83. The van der Waals surface area contributed by atoms with Gasteiger partial charge in [-0.3, -0.25) is 0 Å². The highest BCUT2D eigenvalue weighted by molar-refractivity contribution is 7.20. The Hall–Kier alpha value is -1.62. The van der Waals surface area contributed by atoms with Gasteiger partial charge in [0.05, 0.1) is 22.6 Å². The van der Waals surface area contributed by atoms with Crippen molar-refractivity contribution in [3.8, 4) is 11.8 Å². The normalized spacial score (nSPS) is 19.7. The van der Waals surface area contributed by atoms with Gasteiger partial charge in [0.1, 0.15) is 10.7 Å². The van der Waals surface area contributed by atoms with E-state index in [4.69, 9.17) is 22.1 Å². The first-order valence-corrected chi connectivity index (χ1v) is 10.9. The Morgan fingerprint density at radius 1 is 1.48 bits per heavy atom. The number of nitrogens with one attached hydrogen (secondary N) is 1.